The number of carbonyl (C=O) groups excluding carboxylic acids is 1. The van der Waals surface area contributed by atoms with Crippen molar-refractivity contribution in [3.8, 4) is 0 Å². The Balaban J connectivity index is 2.22. The Morgan fingerprint density at radius 2 is 2.10 bits per heavy atom. The fourth-order valence-corrected chi connectivity index (χ4v) is 3.01. The summed E-state index contributed by atoms with van der Waals surface area (Å²) < 4.78 is 14.4. The third kappa shape index (κ3) is 3.52. The predicted octanol–water partition coefficient (Wildman–Crippen LogP) is 3.45. The lowest BCUT2D eigenvalue weighted by Crippen LogP contribution is -2.41. The van der Waals surface area contributed by atoms with Crippen molar-refractivity contribution in [1.29, 1.82) is 0 Å². The summed E-state index contributed by atoms with van der Waals surface area (Å²) in [6.07, 6.45) is 7.06. The van der Waals surface area contributed by atoms with Gasteiger partial charge in [0.2, 0.25) is 0 Å². The van der Waals surface area contributed by atoms with Gasteiger partial charge in [-0.2, -0.15) is 0 Å². The summed E-state index contributed by atoms with van der Waals surface area (Å²) in [4.78, 5) is 18.4. The number of nitrogens with zero attached hydrogens (tertiary/aromatic N) is 2. The van der Waals surface area contributed by atoms with E-state index in [2.05, 4.69) is 10.3 Å². The van der Waals surface area contributed by atoms with E-state index >= 15 is 0 Å². The lowest BCUT2D eigenvalue weighted by atomic mass is 9.93. The van der Waals surface area contributed by atoms with Gasteiger partial charge >= 0.3 is 0 Å². The largest absolute Gasteiger partial charge is 0.368 e. The average Bonchev–Trinajstić information content (AvgIpc) is 2.51. The van der Waals surface area contributed by atoms with Gasteiger partial charge in [0.05, 0.1) is 5.56 Å². The van der Waals surface area contributed by atoms with Gasteiger partial charge in [0.15, 0.2) is 11.6 Å². The smallest absolute Gasteiger partial charge is 0.257 e. The molecule has 0 radical (unpaired) electrons. The first-order chi connectivity index (χ1) is 10.2. The molecule has 1 saturated carbocycles. The molecule has 0 atom stereocenters. The summed E-state index contributed by atoms with van der Waals surface area (Å²) in [6.45, 7) is 5.01. The molecule has 1 aliphatic carbocycles. The van der Waals surface area contributed by atoms with E-state index < -0.39 is 5.82 Å². The van der Waals surface area contributed by atoms with E-state index in [0.717, 1.165) is 25.7 Å². The second-order valence-corrected chi connectivity index (χ2v) is 5.43. The highest BCUT2D eigenvalue weighted by molar-refractivity contribution is 5.95. The Morgan fingerprint density at radius 1 is 1.38 bits per heavy atom. The Hall–Kier alpha value is -1.65. The molecule has 1 fully saturated rings. The maximum atomic E-state index is 14.4. The lowest BCUT2D eigenvalue weighted by molar-refractivity contribution is 0.0643. The molecule has 21 heavy (non-hydrogen) atoms. The molecule has 0 aliphatic heterocycles. The van der Waals surface area contributed by atoms with Crippen LogP contribution < -0.4 is 5.32 Å². The Kier molecular flexibility index (Phi) is 5.53. The first-order valence-electron chi connectivity index (χ1n) is 7.88. The number of rotatable bonds is 5. The topological polar surface area (TPSA) is 45.2 Å². The van der Waals surface area contributed by atoms with Gasteiger partial charge in [-0.3, -0.25) is 4.79 Å². The number of hydrogen-bond acceptors (Lipinski definition) is 3. The highest BCUT2D eigenvalue weighted by Crippen LogP contribution is 2.25. The van der Waals surface area contributed by atoms with Crippen LogP contribution in [0, 0.1) is 5.82 Å². The summed E-state index contributed by atoms with van der Waals surface area (Å²) in [5.41, 5.74) is 0.119. The monoisotopic (exact) mass is 293 g/mol. The summed E-state index contributed by atoms with van der Waals surface area (Å²) in [6, 6.07) is 1.72. The minimum absolute atomic E-state index is 0.119. The standard InChI is InChI=1S/C16H24FN3O/c1-3-18-15-14(17)13(10-11-19-15)16(21)20(4-2)12-8-6-5-7-9-12/h10-12H,3-9H2,1-2H3,(H,18,19). The Morgan fingerprint density at radius 3 is 2.71 bits per heavy atom. The van der Waals surface area contributed by atoms with Crippen molar-refractivity contribution in [2.45, 2.75) is 52.0 Å². The van der Waals surface area contributed by atoms with E-state index in [1.807, 2.05) is 18.7 Å². The number of nitrogens with one attached hydrogen (secondary N) is 1. The molecule has 0 bridgehead atoms. The maximum Gasteiger partial charge on any atom is 0.257 e. The fraction of sp³-hybridized carbons (Fsp3) is 0.625. The zero-order valence-corrected chi connectivity index (χ0v) is 12.9. The lowest BCUT2D eigenvalue weighted by Gasteiger charge is -2.33. The Labute approximate surface area is 125 Å². The second-order valence-electron chi connectivity index (χ2n) is 5.43. The summed E-state index contributed by atoms with van der Waals surface area (Å²) in [7, 11) is 0. The molecule has 0 saturated heterocycles. The normalized spacial score (nSPS) is 15.8. The molecule has 116 valence electrons. The highest BCUT2D eigenvalue weighted by atomic mass is 19.1. The van der Waals surface area contributed by atoms with E-state index in [9.17, 15) is 9.18 Å². The quantitative estimate of drug-likeness (QED) is 0.904. The first kappa shape index (κ1) is 15.7. The van der Waals surface area contributed by atoms with Gasteiger partial charge in [0, 0.05) is 25.3 Å². The van der Waals surface area contributed by atoms with Crippen molar-refractivity contribution in [2.75, 3.05) is 18.4 Å². The van der Waals surface area contributed by atoms with E-state index in [-0.39, 0.29) is 23.3 Å². The van der Waals surface area contributed by atoms with Crippen molar-refractivity contribution < 1.29 is 9.18 Å². The van der Waals surface area contributed by atoms with Crippen molar-refractivity contribution >= 4 is 11.7 Å². The van der Waals surface area contributed by atoms with Crippen molar-refractivity contribution in [1.82, 2.24) is 9.88 Å². The molecule has 1 aliphatic rings. The zero-order valence-electron chi connectivity index (χ0n) is 12.9. The van der Waals surface area contributed by atoms with Gasteiger partial charge in [-0.15, -0.1) is 0 Å². The van der Waals surface area contributed by atoms with E-state index in [1.165, 1.54) is 18.7 Å². The number of halogens is 1. The number of hydrogen-bond donors (Lipinski definition) is 1. The van der Waals surface area contributed by atoms with Crippen LogP contribution in [0.1, 0.15) is 56.3 Å². The number of pyridine rings is 1. The van der Waals surface area contributed by atoms with Crippen LogP contribution in [-0.4, -0.2) is 34.9 Å². The molecular weight excluding hydrogens is 269 g/mol. The van der Waals surface area contributed by atoms with Gasteiger partial charge in [0.25, 0.3) is 5.91 Å². The van der Waals surface area contributed by atoms with Crippen LogP contribution in [0.3, 0.4) is 0 Å². The fourth-order valence-electron chi connectivity index (χ4n) is 3.01. The Bertz CT molecular complexity index is 486. The molecule has 0 spiro atoms. The summed E-state index contributed by atoms with van der Waals surface area (Å²) in [5, 5.41) is 2.85. The zero-order chi connectivity index (χ0) is 15.2. The van der Waals surface area contributed by atoms with E-state index in [4.69, 9.17) is 0 Å². The van der Waals surface area contributed by atoms with Crippen molar-refractivity contribution in [3.05, 3.63) is 23.6 Å². The van der Waals surface area contributed by atoms with Crippen molar-refractivity contribution in [2.24, 2.45) is 0 Å². The van der Waals surface area contributed by atoms with Gasteiger partial charge in [-0.05, 0) is 32.8 Å². The van der Waals surface area contributed by atoms with Crippen LogP contribution >= 0.6 is 0 Å². The first-order valence-corrected chi connectivity index (χ1v) is 7.88. The van der Waals surface area contributed by atoms with Crippen LogP contribution in [0.15, 0.2) is 12.3 Å². The van der Waals surface area contributed by atoms with Crippen LogP contribution in [0.2, 0.25) is 0 Å². The number of anilines is 1. The number of carbonyl (C=O) groups is 1. The predicted molar refractivity (Wildman–Crippen MR) is 81.9 cm³/mol. The van der Waals surface area contributed by atoms with E-state index in [1.54, 1.807) is 0 Å². The molecular formula is C16H24FN3O. The molecule has 4 nitrogen and oxygen atoms in total. The minimum Gasteiger partial charge on any atom is -0.368 e. The molecule has 1 amide bonds. The third-order valence-corrected chi connectivity index (χ3v) is 4.08. The van der Waals surface area contributed by atoms with Crippen LogP contribution in [0.5, 0.6) is 0 Å². The highest BCUT2D eigenvalue weighted by Gasteiger charge is 2.27. The van der Waals surface area contributed by atoms with Gasteiger partial charge in [0.1, 0.15) is 0 Å². The average molecular weight is 293 g/mol. The van der Waals surface area contributed by atoms with Gasteiger partial charge < -0.3 is 10.2 Å². The summed E-state index contributed by atoms with van der Waals surface area (Å²) >= 11 is 0. The minimum atomic E-state index is -0.543. The number of aromatic nitrogens is 1. The molecule has 1 heterocycles. The molecule has 1 aromatic heterocycles. The molecule has 1 N–H and O–H groups in total. The van der Waals surface area contributed by atoms with Crippen LogP contribution in [0.4, 0.5) is 10.2 Å². The van der Waals surface area contributed by atoms with Crippen LogP contribution in [-0.2, 0) is 0 Å². The molecule has 0 unspecified atom stereocenters. The molecule has 2 rings (SSSR count). The maximum absolute atomic E-state index is 14.4. The second kappa shape index (κ2) is 7.38. The molecule has 5 heteroatoms. The third-order valence-electron chi connectivity index (χ3n) is 4.08. The number of amides is 1. The molecule has 1 aromatic rings. The SMILES string of the molecule is CCNc1nccc(C(=O)N(CC)C2CCCCC2)c1F. The van der Waals surface area contributed by atoms with Gasteiger partial charge in [-0.25, -0.2) is 9.37 Å². The van der Waals surface area contributed by atoms with E-state index in [0.29, 0.717) is 13.1 Å². The summed E-state index contributed by atoms with van der Waals surface area (Å²) in [5.74, 6) is -0.606. The van der Waals surface area contributed by atoms with Crippen molar-refractivity contribution in [3.63, 3.8) is 0 Å². The van der Waals surface area contributed by atoms with Gasteiger partial charge in [-0.1, -0.05) is 19.3 Å². The molecule has 0 aromatic carbocycles. The van der Waals surface area contributed by atoms with Crippen LogP contribution in [0.25, 0.3) is 0 Å².